The fourth-order valence-electron chi connectivity index (χ4n) is 1.98. The van der Waals surface area contributed by atoms with Crippen LogP contribution in [-0.4, -0.2) is 27.9 Å². The van der Waals surface area contributed by atoms with Gasteiger partial charge in [0.2, 0.25) is 0 Å². The maximum Gasteiger partial charge on any atom is 0.418 e. The highest BCUT2D eigenvalue weighted by Gasteiger charge is 2.36. The number of alkyl halides is 3. The molecule has 0 aliphatic heterocycles. The number of pyridine rings is 1. The second kappa shape index (κ2) is 7.81. The predicted octanol–water partition coefficient (Wildman–Crippen LogP) is 3.19. The van der Waals surface area contributed by atoms with Crippen molar-refractivity contribution in [2.75, 3.05) is 5.32 Å². The van der Waals surface area contributed by atoms with Crippen molar-refractivity contribution in [3.8, 4) is 0 Å². The second-order valence-electron chi connectivity index (χ2n) is 5.24. The van der Waals surface area contributed by atoms with Crippen LogP contribution in [0.25, 0.3) is 0 Å². The summed E-state index contributed by atoms with van der Waals surface area (Å²) in [6, 6.07) is 6.29. The largest absolute Gasteiger partial charge is 0.448 e. The average molecular weight is 383 g/mol. The number of hydrogen-bond donors (Lipinski definition) is 1. The zero-order valence-corrected chi connectivity index (χ0v) is 13.7. The molecule has 0 unspecified atom stereocenters. The molecule has 1 N–H and O–H groups in total. The van der Waals surface area contributed by atoms with Gasteiger partial charge in [-0.15, -0.1) is 0 Å². The first-order valence-corrected chi connectivity index (χ1v) is 7.38. The quantitative estimate of drug-likeness (QED) is 0.482. The Balaban J connectivity index is 2.17. The molecule has 0 spiro atoms. The number of halogens is 3. The van der Waals surface area contributed by atoms with Crippen LogP contribution in [-0.2, 0) is 15.7 Å². The third-order valence-corrected chi connectivity index (χ3v) is 3.30. The molecule has 2 aromatic rings. The van der Waals surface area contributed by atoms with Gasteiger partial charge in [0.05, 0.1) is 16.2 Å². The topological polar surface area (TPSA) is 111 Å². The second-order valence-corrected chi connectivity index (χ2v) is 5.24. The number of benzene rings is 1. The summed E-state index contributed by atoms with van der Waals surface area (Å²) in [4.78, 5) is 37.3. The molecule has 1 aromatic heterocycles. The Kier molecular flexibility index (Phi) is 5.73. The molecule has 1 heterocycles. The number of rotatable bonds is 5. The zero-order valence-electron chi connectivity index (χ0n) is 13.7. The number of carbonyl (C=O) groups is 2. The van der Waals surface area contributed by atoms with Crippen molar-refractivity contribution in [1.29, 1.82) is 0 Å². The van der Waals surface area contributed by atoms with Gasteiger partial charge in [-0.25, -0.2) is 9.78 Å². The monoisotopic (exact) mass is 383 g/mol. The van der Waals surface area contributed by atoms with Gasteiger partial charge in [0.15, 0.2) is 6.10 Å². The summed E-state index contributed by atoms with van der Waals surface area (Å²) in [5.74, 6) is -1.98. The highest BCUT2D eigenvalue weighted by molar-refractivity contribution is 5.97. The van der Waals surface area contributed by atoms with Crippen molar-refractivity contribution in [3.05, 3.63) is 64.0 Å². The minimum Gasteiger partial charge on any atom is -0.448 e. The smallest absolute Gasteiger partial charge is 0.418 e. The Hall–Kier alpha value is -3.50. The van der Waals surface area contributed by atoms with Crippen LogP contribution in [0.2, 0.25) is 0 Å². The molecule has 2 rings (SSSR count). The van der Waals surface area contributed by atoms with Crippen LogP contribution in [0.15, 0.2) is 42.6 Å². The molecule has 0 saturated carbocycles. The first kappa shape index (κ1) is 19.8. The van der Waals surface area contributed by atoms with Crippen LogP contribution in [0.4, 0.5) is 24.5 Å². The van der Waals surface area contributed by atoms with Crippen LogP contribution in [0.3, 0.4) is 0 Å². The van der Waals surface area contributed by atoms with Crippen molar-refractivity contribution in [3.63, 3.8) is 0 Å². The van der Waals surface area contributed by atoms with E-state index >= 15 is 0 Å². The number of nitrogens with zero attached hydrogens (tertiary/aromatic N) is 2. The maximum absolute atomic E-state index is 13.1. The van der Waals surface area contributed by atoms with E-state index in [0.717, 1.165) is 19.1 Å². The Labute approximate surface area is 150 Å². The fourth-order valence-corrected chi connectivity index (χ4v) is 1.98. The first-order chi connectivity index (χ1) is 12.6. The molecule has 0 radical (unpaired) electrons. The minimum absolute atomic E-state index is 0.0801. The summed E-state index contributed by atoms with van der Waals surface area (Å²) in [6.07, 6.45) is -5.05. The van der Waals surface area contributed by atoms with E-state index in [1.165, 1.54) is 18.3 Å². The number of nitro groups is 1. The van der Waals surface area contributed by atoms with E-state index in [1.807, 2.05) is 5.32 Å². The van der Waals surface area contributed by atoms with Gasteiger partial charge < -0.3 is 10.1 Å². The normalized spacial score (nSPS) is 12.1. The SMILES string of the molecule is C[C@H](OC(=O)c1ccccn1)C(=O)Nc1ccc([N+](=O)[O-])cc1C(F)(F)F. The number of carbonyl (C=O) groups excluding carboxylic acids is 2. The lowest BCUT2D eigenvalue weighted by molar-refractivity contribution is -0.385. The molecular weight excluding hydrogens is 371 g/mol. The Bertz CT molecular complexity index is 871. The van der Waals surface area contributed by atoms with Crippen molar-refractivity contribution >= 4 is 23.3 Å². The van der Waals surface area contributed by atoms with Crippen molar-refractivity contribution in [1.82, 2.24) is 4.98 Å². The van der Waals surface area contributed by atoms with E-state index in [4.69, 9.17) is 4.74 Å². The molecule has 142 valence electrons. The van der Waals surface area contributed by atoms with E-state index in [1.54, 1.807) is 6.07 Å². The van der Waals surface area contributed by atoms with Crippen LogP contribution in [0, 0.1) is 10.1 Å². The molecule has 1 atom stereocenters. The molecule has 0 fully saturated rings. The van der Waals surface area contributed by atoms with Crippen molar-refractivity contribution < 1.29 is 32.4 Å². The molecule has 11 heteroatoms. The van der Waals surface area contributed by atoms with E-state index in [9.17, 15) is 32.9 Å². The lowest BCUT2D eigenvalue weighted by Crippen LogP contribution is -2.31. The lowest BCUT2D eigenvalue weighted by atomic mass is 10.1. The molecule has 0 bridgehead atoms. The summed E-state index contributed by atoms with van der Waals surface area (Å²) in [6.45, 7) is 1.16. The van der Waals surface area contributed by atoms with Gasteiger partial charge in [-0.1, -0.05) is 6.07 Å². The third-order valence-electron chi connectivity index (χ3n) is 3.30. The molecular formula is C16H12F3N3O5. The highest BCUT2D eigenvalue weighted by atomic mass is 19.4. The molecule has 0 aliphatic carbocycles. The molecule has 0 aliphatic rings. The summed E-state index contributed by atoms with van der Waals surface area (Å²) in [5.41, 5.74) is -2.95. The summed E-state index contributed by atoms with van der Waals surface area (Å²) in [5, 5.41) is 12.6. The van der Waals surface area contributed by atoms with Crippen LogP contribution >= 0.6 is 0 Å². The van der Waals surface area contributed by atoms with Gasteiger partial charge in [0.1, 0.15) is 5.69 Å². The summed E-state index contributed by atoms with van der Waals surface area (Å²) in [7, 11) is 0. The molecule has 0 saturated heterocycles. The molecule has 8 nitrogen and oxygen atoms in total. The lowest BCUT2D eigenvalue weighted by Gasteiger charge is -2.16. The Morgan fingerprint density at radius 3 is 2.52 bits per heavy atom. The van der Waals surface area contributed by atoms with Gasteiger partial charge in [-0.05, 0) is 25.1 Å². The Morgan fingerprint density at radius 1 is 1.26 bits per heavy atom. The van der Waals surface area contributed by atoms with Gasteiger partial charge >= 0.3 is 12.1 Å². The zero-order chi connectivity index (χ0) is 20.2. The number of hydrogen-bond acceptors (Lipinski definition) is 6. The highest BCUT2D eigenvalue weighted by Crippen LogP contribution is 2.37. The number of nitrogens with one attached hydrogen (secondary N) is 1. The van der Waals surface area contributed by atoms with Gasteiger partial charge in [0, 0.05) is 18.3 Å². The fraction of sp³-hybridized carbons (Fsp3) is 0.188. The average Bonchev–Trinajstić information content (AvgIpc) is 2.61. The predicted molar refractivity (Wildman–Crippen MR) is 85.8 cm³/mol. The number of amides is 1. The van der Waals surface area contributed by atoms with E-state index in [0.29, 0.717) is 6.07 Å². The molecule has 1 aromatic carbocycles. The van der Waals surface area contributed by atoms with E-state index < -0.39 is 46.0 Å². The third kappa shape index (κ3) is 5.00. The van der Waals surface area contributed by atoms with Gasteiger partial charge in [-0.2, -0.15) is 13.2 Å². The minimum atomic E-state index is -4.94. The van der Waals surface area contributed by atoms with Gasteiger partial charge in [-0.3, -0.25) is 14.9 Å². The Morgan fingerprint density at radius 2 is 1.96 bits per heavy atom. The van der Waals surface area contributed by atoms with Crippen LogP contribution < -0.4 is 5.32 Å². The standard InChI is InChI=1S/C16H12F3N3O5/c1-9(27-15(24)13-4-2-3-7-20-13)14(23)21-12-6-5-10(22(25)26)8-11(12)16(17,18)19/h2-9H,1H3,(H,21,23)/t9-/m0/s1. The van der Waals surface area contributed by atoms with Crippen LogP contribution in [0.1, 0.15) is 23.0 Å². The van der Waals surface area contributed by atoms with Crippen molar-refractivity contribution in [2.24, 2.45) is 0 Å². The number of non-ortho nitro benzene ring substituents is 1. The van der Waals surface area contributed by atoms with E-state index in [2.05, 4.69) is 4.98 Å². The number of ether oxygens (including phenoxy) is 1. The number of esters is 1. The number of aromatic nitrogens is 1. The molecule has 1 amide bonds. The number of anilines is 1. The molecule has 27 heavy (non-hydrogen) atoms. The van der Waals surface area contributed by atoms with Gasteiger partial charge in [0.25, 0.3) is 11.6 Å². The maximum atomic E-state index is 13.1. The number of nitro benzene ring substituents is 1. The van der Waals surface area contributed by atoms with Crippen molar-refractivity contribution in [2.45, 2.75) is 19.2 Å². The van der Waals surface area contributed by atoms with E-state index in [-0.39, 0.29) is 5.69 Å². The summed E-state index contributed by atoms with van der Waals surface area (Å²) < 4.78 is 44.2. The first-order valence-electron chi connectivity index (χ1n) is 7.38. The summed E-state index contributed by atoms with van der Waals surface area (Å²) >= 11 is 0. The van der Waals surface area contributed by atoms with Crippen LogP contribution in [0.5, 0.6) is 0 Å².